The first-order valence-electron chi connectivity index (χ1n) is 10.7. The zero-order chi connectivity index (χ0) is 23.4. The molecule has 0 aliphatic carbocycles. The number of alkyl halides is 3. The molecule has 0 bridgehead atoms. The van der Waals surface area contributed by atoms with E-state index in [-0.39, 0.29) is 23.6 Å². The summed E-state index contributed by atoms with van der Waals surface area (Å²) in [5.74, 6) is -0.922. The van der Waals surface area contributed by atoms with Crippen LogP contribution >= 0.6 is 0 Å². The van der Waals surface area contributed by atoms with Crippen molar-refractivity contribution in [2.45, 2.75) is 44.6 Å². The Labute approximate surface area is 188 Å². The number of ether oxygens (including phenoxy) is 1. The molecule has 2 atom stereocenters. The second-order valence-corrected chi connectivity index (χ2v) is 7.75. The van der Waals surface area contributed by atoms with E-state index in [9.17, 15) is 17.6 Å². The summed E-state index contributed by atoms with van der Waals surface area (Å²) in [4.78, 5) is 0. The fourth-order valence-electron chi connectivity index (χ4n) is 4.04. The molecule has 1 fully saturated rings. The summed E-state index contributed by atoms with van der Waals surface area (Å²) in [6.45, 7) is 3.45. The number of benzene rings is 2. The quantitative estimate of drug-likeness (QED) is 0.518. The molecule has 3 aromatic rings. The summed E-state index contributed by atoms with van der Waals surface area (Å²) in [7, 11) is 0. The minimum atomic E-state index is -4.68. The Bertz CT molecular complexity index is 1070. The van der Waals surface area contributed by atoms with Crippen LogP contribution in [0.5, 0.6) is 5.75 Å². The van der Waals surface area contributed by atoms with Crippen molar-refractivity contribution in [2.75, 3.05) is 13.2 Å². The van der Waals surface area contributed by atoms with Crippen molar-refractivity contribution in [1.29, 1.82) is 0 Å². The van der Waals surface area contributed by atoms with Gasteiger partial charge < -0.3 is 15.4 Å². The van der Waals surface area contributed by atoms with Gasteiger partial charge in [-0.1, -0.05) is 12.1 Å². The molecule has 0 saturated carbocycles. The van der Waals surface area contributed by atoms with E-state index in [2.05, 4.69) is 26.2 Å². The summed E-state index contributed by atoms with van der Waals surface area (Å²) < 4.78 is 59.5. The first-order chi connectivity index (χ1) is 15.9. The second kappa shape index (κ2) is 9.84. The SMILES string of the molecule is CCOc1ccc(-n2nnnc2C(F)(F)F)cc1CNC1CCCNC1c1ccc(F)cc1. The van der Waals surface area contributed by atoms with Crippen molar-refractivity contribution in [3.8, 4) is 11.4 Å². The summed E-state index contributed by atoms with van der Waals surface area (Å²) in [5, 5.41) is 16.8. The average Bonchev–Trinajstić information content (AvgIpc) is 3.30. The van der Waals surface area contributed by atoms with Crippen LogP contribution in [0.2, 0.25) is 0 Å². The lowest BCUT2D eigenvalue weighted by Crippen LogP contribution is -2.45. The monoisotopic (exact) mass is 464 g/mol. The third kappa shape index (κ3) is 5.31. The van der Waals surface area contributed by atoms with Crippen LogP contribution in [-0.4, -0.2) is 39.4 Å². The molecule has 4 rings (SSSR count). The van der Waals surface area contributed by atoms with Gasteiger partial charge in [0.15, 0.2) is 0 Å². The lowest BCUT2D eigenvalue weighted by atomic mass is 9.92. The highest BCUT2D eigenvalue weighted by Crippen LogP contribution is 2.30. The molecule has 2 N–H and O–H groups in total. The van der Waals surface area contributed by atoms with Crippen LogP contribution in [0, 0.1) is 5.82 Å². The molecule has 1 aromatic heterocycles. The van der Waals surface area contributed by atoms with E-state index in [1.165, 1.54) is 18.2 Å². The predicted octanol–water partition coefficient (Wildman–Crippen LogP) is 3.80. The number of hydrogen-bond acceptors (Lipinski definition) is 6. The highest BCUT2D eigenvalue weighted by atomic mass is 19.4. The zero-order valence-corrected chi connectivity index (χ0v) is 17.9. The van der Waals surface area contributed by atoms with E-state index in [1.54, 1.807) is 24.3 Å². The molecular formula is C22H24F4N6O. The molecule has 0 radical (unpaired) electrons. The van der Waals surface area contributed by atoms with Gasteiger partial charge in [0.2, 0.25) is 0 Å². The normalized spacial score (nSPS) is 18.9. The molecule has 33 heavy (non-hydrogen) atoms. The highest BCUT2D eigenvalue weighted by Gasteiger charge is 2.38. The Morgan fingerprint density at radius 2 is 1.97 bits per heavy atom. The van der Waals surface area contributed by atoms with Gasteiger partial charge in [-0.3, -0.25) is 0 Å². The second-order valence-electron chi connectivity index (χ2n) is 7.75. The Morgan fingerprint density at radius 1 is 1.18 bits per heavy atom. The van der Waals surface area contributed by atoms with Gasteiger partial charge in [0.1, 0.15) is 11.6 Å². The molecule has 1 saturated heterocycles. The average molecular weight is 464 g/mol. The number of tetrazole rings is 1. The Kier molecular flexibility index (Phi) is 6.89. The predicted molar refractivity (Wildman–Crippen MR) is 112 cm³/mol. The van der Waals surface area contributed by atoms with Gasteiger partial charge in [0.05, 0.1) is 12.3 Å². The van der Waals surface area contributed by atoms with Crippen LogP contribution < -0.4 is 15.4 Å². The maximum absolute atomic E-state index is 13.4. The van der Waals surface area contributed by atoms with Gasteiger partial charge in [-0.2, -0.15) is 17.9 Å². The maximum atomic E-state index is 13.4. The summed E-state index contributed by atoms with van der Waals surface area (Å²) in [5.41, 5.74) is 1.83. The largest absolute Gasteiger partial charge is 0.494 e. The lowest BCUT2D eigenvalue weighted by Gasteiger charge is -2.34. The molecule has 0 amide bonds. The highest BCUT2D eigenvalue weighted by molar-refractivity contribution is 5.44. The van der Waals surface area contributed by atoms with E-state index in [0.717, 1.165) is 24.9 Å². The van der Waals surface area contributed by atoms with E-state index in [4.69, 9.17) is 4.74 Å². The van der Waals surface area contributed by atoms with E-state index < -0.39 is 12.0 Å². The first kappa shape index (κ1) is 23.1. The number of piperidine rings is 1. The third-order valence-electron chi connectivity index (χ3n) is 5.55. The van der Waals surface area contributed by atoms with Crippen LogP contribution in [0.1, 0.15) is 42.8 Å². The van der Waals surface area contributed by atoms with Crippen LogP contribution in [0.3, 0.4) is 0 Å². The smallest absolute Gasteiger partial charge is 0.453 e. The van der Waals surface area contributed by atoms with Crippen molar-refractivity contribution in [2.24, 2.45) is 0 Å². The molecule has 1 aliphatic heterocycles. The van der Waals surface area contributed by atoms with Gasteiger partial charge in [-0.25, -0.2) is 4.39 Å². The lowest BCUT2D eigenvalue weighted by molar-refractivity contribution is -0.146. The van der Waals surface area contributed by atoms with E-state index >= 15 is 0 Å². The van der Waals surface area contributed by atoms with Gasteiger partial charge >= 0.3 is 6.18 Å². The van der Waals surface area contributed by atoms with Crippen molar-refractivity contribution < 1.29 is 22.3 Å². The number of aromatic nitrogens is 4. The van der Waals surface area contributed by atoms with Gasteiger partial charge in [-0.05, 0) is 72.6 Å². The van der Waals surface area contributed by atoms with Crippen LogP contribution in [0.4, 0.5) is 17.6 Å². The maximum Gasteiger partial charge on any atom is 0.453 e. The van der Waals surface area contributed by atoms with Crippen LogP contribution in [0.15, 0.2) is 42.5 Å². The van der Waals surface area contributed by atoms with E-state index in [1.807, 2.05) is 6.92 Å². The minimum Gasteiger partial charge on any atom is -0.494 e. The first-order valence-corrected chi connectivity index (χ1v) is 10.7. The molecule has 1 aliphatic rings. The van der Waals surface area contributed by atoms with Crippen molar-refractivity contribution in [1.82, 2.24) is 30.8 Å². The Morgan fingerprint density at radius 3 is 2.70 bits per heavy atom. The van der Waals surface area contributed by atoms with E-state index in [0.29, 0.717) is 29.1 Å². The molecule has 2 unspecified atom stereocenters. The molecule has 11 heteroatoms. The fraction of sp³-hybridized carbons (Fsp3) is 0.409. The summed E-state index contributed by atoms with van der Waals surface area (Å²) in [6.07, 6.45) is -2.83. The topological polar surface area (TPSA) is 76.9 Å². The molecular weight excluding hydrogens is 440 g/mol. The Balaban J connectivity index is 1.58. The molecule has 176 valence electrons. The van der Waals surface area contributed by atoms with Gasteiger partial charge in [-0.15, -0.1) is 5.10 Å². The standard InChI is InChI=1S/C22H24F4N6O/c1-2-33-19-10-9-17(32-21(22(24,25)26)29-30-31-32)12-15(19)13-28-18-4-3-11-27-20(18)14-5-7-16(23)8-6-14/h5-10,12,18,20,27-28H,2-4,11,13H2,1H3. The Hall–Kier alpha value is -3.05. The van der Waals surface area contributed by atoms with Crippen molar-refractivity contribution in [3.63, 3.8) is 0 Å². The number of nitrogens with one attached hydrogen (secondary N) is 2. The number of hydrogen-bond donors (Lipinski definition) is 2. The number of rotatable bonds is 7. The van der Waals surface area contributed by atoms with Gasteiger partial charge in [0.25, 0.3) is 5.82 Å². The molecule has 2 heterocycles. The molecule has 7 nitrogen and oxygen atoms in total. The minimum absolute atomic E-state index is 0.0191. The summed E-state index contributed by atoms with van der Waals surface area (Å²) >= 11 is 0. The van der Waals surface area contributed by atoms with Crippen molar-refractivity contribution >= 4 is 0 Å². The molecule has 2 aromatic carbocycles. The van der Waals surface area contributed by atoms with Gasteiger partial charge in [0, 0.05) is 24.2 Å². The van der Waals surface area contributed by atoms with Crippen LogP contribution in [0.25, 0.3) is 5.69 Å². The third-order valence-corrected chi connectivity index (χ3v) is 5.55. The molecule has 0 spiro atoms. The number of halogens is 4. The van der Waals surface area contributed by atoms with Crippen molar-refractivity contribution in [3.05, 3.63) is 65.2 Å². The summed E-state index contributed by atoms with van der Waals surface area (Å²) in [6, 6.07) is 11.1. The van der Waals surface area contributed by atoms with Crippen LogP contribution in [-0.2, 0) is 12.7 Å². The fourth-order valence-corrected chi connectivity index (χ4v) is 4.04. The zero-order valence-electron chi connectivity index (χ0n) is 17.9. The number of nitrogens with zero attached hydrogens (tertiary/aromatic N) is 4.